The second-order valence-corrected chi connectivity index (χ2v) is 5.82. The molecule has 0 aromatic heterocycles. The average molecular weight is 335 g/mol. The Bertz CT molecular complexity index is 853. The fraction of sp³-hybridized carbons (Fsp3) is 0.211. The van der Waals surface area contributed by atoms with Crippen molar-refractivity contribution in [2.45, 2.75) is 25.8 Å². The Morgan fingerprint density at radius 1 is 1.32 bits per heavy atom. The van der Waals surface area contributed by atoms with E-state index in [9.17, 15) is 4.79 Å². The van der Waals surface area contributed by atoms with Crippen molar-refractivity contribution in [2.24, 2.45) is 5.10 Å². The molecule has 0 fully saturated rings. The van der Waals surface area contributed by atoms with Gasteiger partial charge in [-0.25, -0.2) is 0 Å². The van der Waals surface area contributed by atoms with Gasteiger partial charge in [-0.05, 0) is 42.8 Å². The maximum atomic E-state index is 11.0. The summed E-state index contributed by atoms with van der Waals surface area (Å²) in [5.74, 6) is 0.547. The molecule has 1 N–H and O–H groups in total. The Labute approximate surface area is 145 Å². The van der Waals surface area contributed by atoms with Gasteiger partial charge in [0.2, 0.25) is 0 Å². The number of aliphatic carboxylic acids is 1. The van der Waals surface area contributed by atoms with Gasteiger partial charge in [-0.3, -0.25) is 9.80 Å². The highest BCUT2D eigenvalue weighted by Crippen LogP contribution is 2.30. The van der Waals surface area contributed by atoms with Crippen molar-refractivity contribution in [3.8, 4) is 17.6 Å². The molecule has 0 radical (unpaired) electrons. The number of hydrogen-bond acceptors (Lipinski definition) is 5. The number of hydrogen-bond donors (Lipinski definition) is 1. The summed E-state index contributed by atoms with van der Waals surface area (Å²) in [4.78, 5) is 11.0. The minimum Gasteiger partial charge on any atom is -0.481 e. The molecule has 0 saturated carbocycles. The number of aryl methyl sites for hydroxylation is 1. The minimum atomic E-state index is -0.913. The van der Waals surface area contributed by atoms with Gasteiger partial charge in [-0.1, -0.05) is 18.2 Å². The van der Waals surface area contributed by atoms with Gasteiger partial charge in [0.05, 0.1) is 18.2 Å². The predicted molar refractivity (Wildman–Crippen MR) is 93.9 cm³/mol. The summed E-state index contributed by atoms with van der Waals surface area (Å²) in [6, 6.07) is 16.6. The van der Waals surface area contributed by atoms with E-state index in [1.165, 1.54) is 0 Å². The van der Waals surface area contributed by atoms with E-state index < -0.39 is 5.97 Å². The fourth-order valence-corrected chi connectivity index (χ4v) is 2.72. The van der Waals surface area contributed by atoms with Crippen LogP contribution in [0.2, 0.25) is 0 Å². The standard InChI is InChI=1S/C19H17N3O3/c1-13-4-2-3-5-18(13)25-17-8-6-15(7-9-17)22-16(11-19(23)24)10-14(12-20)21-22/h2-9,16H,10-11H2,1H3,(H,23,24). The number of carbonyl (C=O) groups is 1. The van der Waals surface area contributed by atoms with Crippen LogP contribution in [0.5, 0.6) is 11.5 Å². The molecule has 2 aromatic rings. The van der Waals surface area contributed by atoms with Gasteiger partial charge in [-0.15, -0.1) is 0 Å². The summed E-state index contributed by atoms with van der Waals surface area (Å²) in [6.07, 6.45) is 0.264. The molecule has 2 aromatic carbocycles. The second-order valence-electron chi connectivity index (χ2n) is 5.82. The van der Waals surface area contributed by atoms with E-state index in [4.69, 9.17) is 15.1 Å². The van der Waals surface area contributed by atoms with E-state index in [1.807, 2.05) is 49.4 Å². The molecule has 0 amide bonds. The highest BCUT2D eigenvalue weighted by molar-refractivity contribution is 6.01. The molecule has 6 nitrogen and oxygen atoms in total. The zero-order valence-corrected chi connectivity index (χ0v) is 13.7. The number of hydrazone groups is 1. The SMILES string of the molecule is Cc1ccccc1Oc1ccc(N2N=C(C#N)CC2CC(=O)O)cc1. The Hall–Kier alpha value is -3.33. The number of carboxylic acid groups (broad SMARTS) is 1. The van der Waals surface area contributed by atoms with Crippen molar-refractivity contribution >= 4 is 17.4 Å². The van der Waals surface area contributed by atoms with Crippen molar-refractivity contribution < 1.29 is 14.6 Å². The lowest BCUT2D eigenvalue weighted by Crippen LogP contribution is -2.28. The van der Waals surface area contributed by atoms with Crippen molar-refractivity contribution in [3.05, 3.63) is 54.1 Å². The van der Waals surface area contributed by atoms with Gasteiger partial charge in [0.1, 0.15) is 23.3 Å². The van der Waals surface area contributed by atoms with Crippen LogP contribution in [0.25, 0.3) is 0 Å². The van der Waals surface area contributed by atoms with Crippen molar-refractivity contribution in [1.29, 1.82) is 5.26 Å². The smallest absolute Gasteiger partial charge is 0.305 e. The Kier molecular flexibility index (Phi) is 4.66. The Morgan fingerprint density at radius 2 is 2.04 bits per heavy atom. The van der Waals surface area contributed by atoms with Crippen LogP contribution in [0.3, 0.4) is 0 Å². The molecule has 3 rings (SSSR count). The summed E-state index contributed by atoms with van der Waals surface area (Å²) in [7, 11) is 0. The van der Waals surface area contributed by atoms with Gasteiger partial charge in [0, 0.05) is 6.42 Å². The molecule has 1 heterocycles. The van der Waals surface area contributed by atoms with Crippen molar-refractivity contribution in [2.75, 3.05) is 5.01 Å². The molecule has 25 heavy (non-hydrogen) atoms. The molecule has 1 aliphatic rings. The summed E-state index contributed by atoms with van der Waals surface area (Å²) in [5.41, 5.74) is 2.11. The van der Waals surface area contributed by atoms with Crippen LogP contribution >= 0.6 is 0 Å². The number of nitriles is 1. The molecule has 6 heteroatoms. The topological polar surface area (TPSA) is 85.9 Å². The third-order valence-corrected chi connectivity index (χ3v) is 3.97. The molecule has 0 saturated heterocycles. The molecule has 126 valence electrons. The van der Waals surface area contributed by atoms with Gasteiger partial charge in [-0.2, -0.15) is 10.4 Å². The second kappa shape index (κ2) is 7.05. The largest absolute Gasteiger partial charge is 0.481 e. The third kappa shape index (κ3) is 3.78. The third-order valence-electron chi connectivity index (χ3n) is 3.97. The monoisotopic (exact) mass is 335 g/mol. The van der Waals surface area contributed by atoms with Crippen LogP contribution in [-0.2, 0) is 4.79 Å². The van der Waals surface area contributed by atoms with E-state index >= 15 is 0 Å². The van der Waals surface area contributed by atoms with Gasteiger partial charge in [0.15, 0.2) is 0 Å². The maximum absolute atomic E-state index is 11.0. The number of rotatable bonds is 5. The van der Waals surface area contributed by atoms with Crippen LogP contribution < -0.4 is 9.75 Å². The molecule has 0 spiro atoms. The van der Waals surface area contributed by atoms with E-state index in [-0.39, 0.29) is 12.5 Å². The van der Waals surface area contributed by atoms with Crippen molar-refractivity contribution in [1.82, 2.24) is 0 Å². The molecule has 0 aliphatic carbocycles. The number of para-hydroxylation sites is 1. The van der Waals surface area contributed by atoms with E-state index in [2.05, 4.69) is 5.10 Å². The van der Waals surface area contributed by atoms with Crippen LogP contribution in [0, 0.1) is 18.3 Å². The van der Waals surface area contributed by atoms with Gasteiger partial charge in [0.25, 0.3) is 0 Å². The van der Waals surface area contributed by atoms with Crippen LogP contribution in [0.1, 0.15) is 18.4 Å². The maximum Gasteiger partial charge on any atom is 0.305 e. The zero-order valence-electron chi connectivity index (χ0n) is 13.7. The lowest BCUT2D eigenvalue weighted by Gasteiger charge is -2.22. The van der Waals surface area contributed by atoms with Crippen LogP contribution in [-0.4, -0.2) is 22.8 Å². The predicted octanol–water partition coefficient (Wildman–Crippen LogP) is 3.72. The lowest BCUT2D eigenvalue weighted by atomic mass is 10.1. The molecule has 1 aliphatic heterocycles. The molecular formula is C19H17N3O3. The van der Waals surface area contributed by atoms with E-state index in [0.29, 0.717) is 17.9 Å². The summed E-state index contributed by atoms with van der Waals surface area (Å²) >= 11 is 0. The molecular weight excluding hydrogens is 318 g/mol. The zero-order chi connectivity index (χ0) is 17.8. The van der Waals surface area contributed by atoms with Crippen LogP contribution in [0.15, 0.2) is 53.6 Å². The van der Waals surface area contributed by atoms with E-state index in [0.717, 1.165) is 17.0 Å². The number of benzene rings is 2. The average Bonchev–Trinajstić information content (AvgIpc) is 3.00. The summed E-state index contributed by atoms with van der Waals surface area (Å²) < 4.78 is 5.86. The Morgan fingerprint density at radius 3 is 2.68 bits per heavy atom. The fourth-order valence-electron chi connectivity index (χ4n) is 2.72. The Balaban J connectivity index is 1.79. The molecule has 1 unspecified atom stereocenters. The highest BCUT2D eigenvalue weighted by Gasteiger charge is 2.29. The van der Waals surface area contributed by atoms with Gasteiger partial charge < -0.3 is 9.84 Å². The first kappa shape index (κ1) is 16.5. The first-order valence-corrected chi connectivity index (χ1v) is 7.89. The summed E-state index contributed by atoms with van der Waals surface area (Å²) in [6.45, 7) is 1.97. The summed E-state index contributed by atoms with van der Waals surface area (Å²) in [5, 5.41) is 23.9. The number of carboxylic acids is 1. The van der Waals surface area contributed by atoms with Crippen LogP contribution in [0.4, 0.5) is 5.69 Å². The first-order chi connectivity index (χ1) is 12.1. The van der Waals surface area contributed by atoms with E-state index in [1.54, 1.807) is 17.1 Å². The normalized spacial score (nSPS) is 16.2. The molecule has 0 bridgehead atoms. The van der Waals surface area contributed by atoms with Crippen molar-refractivity contribution in [3.63, 3.8) is 0 Å². The quantitative estimate of drug-likeness (QED) is 0.900. The minimum absolute atomic E-state index is 0.0733. The first-order valence-electron chi connectivity index (χ1n) is 7.89. The number of ether oxygens (including phenoxy) is 1. The number of anilines is 1. The number of nitrogens with zero attached hydrogens (tertiary/aromatic N) is 3. The lowest BCUT2D eigenvalue weighted by molar-refractivity contribution is -0.137. The highest BCUT2D eigenvalue weighted by atomic mass is 16.5. The van der Waals surface area contributed by atoms with Gasteiger partial charge >= 0.3 is 5.97 Å². The molecule has 1 atom stereocenters.